The molecule has 2 heteroatoms. The maximum Gasteiger partial charge on any atom is 0.129 e. The van der Waals surface area contributed by atoms with Gasteiger partial charge in [0.15, 0.2) is 0 Å². The molecule has 0 aliphatic heterocycles. The molecule has 0 bridgehead atoms. The van der Waals surface area contributed by atoms with Crippen molar-refractivity contribution in [3.05, 3.63) is 23.4 Å². The fourth-order valence-corrected chi connectivity index (χ4v) is 2.43. The van der Waals surface area contributed by atoms with Crippen molar-refractivity contribution in [3.8, 4) is 0 Å². The van der Waals surface area contributed by atoms with Gasteiger partial charge >= 0.3 is 0 Å². The summed E-state index contributed by atoms with van der Waals surface area (Å²) in [4.78, 5) is 10.9. The van der Waals surface area contributed by atoms with E-state index in [1.807, 2.05) is 0 Å². The van der Waals surface area contributed by atoms with E-state index in [-0.39, 0.29) is 0 Å². The summed E-state index contributed by atoms with van der Waals surface area (Å²) in [6.07, 6.45) is 14.5. The van der Waals surface area contributed by atoms with Crippen molar-refractivity contribution < 1.29 is 4.79 Å². The minimum absolute atomic E-state index is 0.305. The molecule has 0 fully saturated rings. The van der Waals surface area contributed by atoms with E-state index in [1.54, 1.807) is 6.92 Å². The minimum Gasteiger partial charge on any atom is -0.389 e. The molecule has 0 rings (SSSR count). The van der Waals surface area contributed by atoms with E-state index in [2.05, 4.69) is 38.2 Å². The SMILES string of the molecule is CC/C=C(/C)CCCCN/C(=C/CC)CCCCC(C)=O. The van der Waals surface area contributed by atoms with Gasteiger partial charge in [-0.3, -0.25) is 0 Å². The Morgan fingerprint density at radius 2 is 1.48 bits per heavy atom. The molecule has 0 atom stereocenters. The van der Waals surface area contributed by atoms with Crippen LogP contribution in [0.2, 0.25) is 0 Å². The summed E-state index contributed by atoms with van der Waals surface area (Å²) < 4.78 is 0. The molecule has 0 heterocycles. The average Bonchev–Trinajstić information content (AvgIpc) is 2.43. The highest BCUT2D eigenvalue weighted by Crippen LogP contribution is 2.10. The van der Waals surface area contributed by atoms with Gasteiger partial charge in [0, 0.05) is 18.7 Å². The summed E-state index contributed by atoms with van der Waals surface area (Å²) in [5, 5.41) is 3.57. The summed E-state index contributed by atoms with van der Waals surface area (Å²) in [6.45, 7) is 9.34. The fourth-order valence-electron chi connectivity index (χ4n) is 2.43. The lowest BCUT2D eigenvalue weighted by atomic mass is 10.1. The van der Waals surface area contributed by atoms with Crippen LogP contribution in [-0.4, -0.2) is 12.3 Å². The highest BCUT2D eigenvalue weighted by molar-refractivity contribution is 5.75. The van der Waals surface area contributed by atoms with E-state index in [0.29, 0.717) is 5.78 Å². The van der Waals surface area contributed by atoms with E-state index < -0.39 is 0 Å². The lowest BCUT2D eigenvalue weighted by Crippen LogP contribution is -2.15. The molecule has 0 aromatic rings. The van der Waals surface area contributed by atoms with Gasteiger partial charge in [-0.25, -0.2) is 0 Å². The molecule has 122 valence electrons. The zero-order valence-corrected chi connectivity index (χ0v) is 14.6. The molecular weight excluding hydrogens is 258 g/mol. The quantitative estimate of drug-likeness (QED) is 0.356. The Bertz CT molecular complexity index is 328. The number of nitrogens with one attached hydrogen (secondary N) is 1. The van der Waals surface area contributed by atoms with Crippen molar-refractivity contribution in [2.75, 3.05) is 6.54 Å². The topological polar surface area (TPSA) is 29.1 Å². The number of rotatable bonds is 13. The van der Waals surface area contributed by atoms with Gasteiger partial charge in [0.2, 0.25) is 0 Å². The molecule has 0 aromatic carbocycles. The normalized spacial score (nSPS) is 12.6. The van der Waals surface area contributed by atoms with Gasteiger partial charge in [-0.05, 0) is 65.2 Å². The lowest BCUT2D eigenvalue weighted by molar-refractivity contribution is -0.117. The third-order valence-corrected chi connectivity index (χ3v) is 3.58. The number of carbonyl (C=O) groups is 1. The second-order valence-electron chi connectivity index (χ2n) is 5.89. The second kappa shape index (κ2) is 13.9. The number of hydrogen-bond donors (Lipinski definition) is 1. The Hall–Kier alpha value is -1.05. The summed E-state index contributed by atoms with van der Waals surface area (Å²) >= 11 is 0. The standard InChI is InChI=1S/C19H35NO/c1-5-11-17(3)13-9-10-16-20-19(12-6-2)15-8-7-14-18(4)21/h11-12,20H,5-10,13-16H2,1-4H3/b17-11-,19-12+. The molecule has 0 unspecified atom stereocenters. The third-order valence-electron chi connectivity index (χ3n) is 3.58. The predicted molar refractivity (Wildman–Crippen MR) is 93.4 cm³/mol. The summed E-state index contributed by atoms with van der Waals surface area (Å²) in [7, 11) is 0. The van der Waals surface area contributed by atoms with Gasteiger partial charge in [-0.1, -0.05) is 31.6 Å². The van der Waals surface area contributed by atoms with Crippen LogP contribution in [-0.2, 0) is 4.79 Å². The number of carbonyl (C=O) groups excluding carboxylic acids is 1. The monoisotopic (exact) mass is 293 g/mol. The predicted octanol–water partition coefficient (Wildman–Crippen LogP) is 5.55. The zero-order chi connectivity index (χ0) is 15.9. The van der Waals surface area contributed by atoms with Gasteiger partial charge in [0.25, 0.3) is 0 Å². The minimum atomic E-state index is 0.305. The van der Waals surface area contributed by atoms with Gasteiger partial charge in [-0.2, -0.15) is 0 Å². The molecule has 2 nitrogen and oxygen atoms in total. The van der Waals surface area contributed by atoms with Crippen LogP contribution in [0.4, 0.5) is 0 Å². The highest BCUT2D eigenvalue weighted by atomic mass is 16.1. The smallest absolute Gasteiger partial charge is 0.129 e. The maximum atomic E-state index is 10.9. The van der Waals surface area contributed by atoms with Crippen molar-refractivity contribution in [2.45, 2.75) is 85.5 Å². The van der Waals surface area contributed by atoms with Crippen molar-refractivity contribution in [1.82, 2.24) is 5.32 Å². The summed E-state index contributed by atoms with van der Waals surface area (Å²) in [6, 6.07) is 0. The second-order valence-corrected chi connectivity index (χ2v) is 5.89. The van der Waals surface area contributed by atoms with E-state index in [9.17, 15) is 4.79 Å². The first-order chi connectivity index (χ1) is 10.1. The Kier molecular flexibility index (Phi) is 13.2. The van der Waals surface area contributed by atoms with Crippen LogP contribution in [0.25, 0.3) is 0 Å². The molecule has 0 aliphatic rings. The molecule has 1 N–H and O–H groups in total. The zero-order valence-electron chi connectivity index (χ0n) is 14.6. The first kappa shape index (κ1) is 19.9. The van der Waals surface area contributed by atoms with Crippen molar-refractivity contribution in [1.29, 1.82) is 0 Å². The number of unbranched alkanes of at least 4 members (excludes halogenated alkanes) is 2. The third kappa shape index (κ3) is 13.7. The van der Waals surface area contributed by atoms with Crippen LogP contribution in [0.1, 0.15) is 85.5 Å². The van der Waals surface area contributed by atoms with Crippen molar-refractivity contribution in [3.63, 3.8) is 0 Å². The lowest BCUT2D eigenvalue weighted by Gasteiger charge is -2.11. The van der Waals surface area contributed by atoms with Gasteiger partial charge < -0.3 is 10.1 Å². The number of allylic oxidation sites excluding steroid dienone is 4. The first-order valence-corrected chi connectivity index (χ1v) is 8.68. The molecular formula is C19H35NO. The first-order valence-electron chi connectivity index (χ1n) is 8.68. The molecule has 0 aliphatic carbocycles. The highest BCUT2D eigenvalue weighted by Gasteiger charge is 1.99. The van der Waals surface area contributed by atoms with Crippen LogP contribution in [0, 0.1) is 0 Å². The van der Waals surface area contributed by atoms with Crippen molar-refractivity contribution >= 4 is 5.78 Å². The van der Waals surface area contributed by atoms with E-state index in [0.717, 1.165) is 45.1 Å². The van der Waals surface area contributed by atoms with Crippen LogP contribution in [0.5, 0.6) is 0 Å². The largest absolute Gasteiger partial charge is 0.389 e. The summed E-state index contributed by atoms with van der Waals surface area (Å²) in [5.74, 6) is 0.305. The number of Topliss-reactive ketones (excluding diaryl/α,β-unsaturated/α-hetero) is 1. The van der Waals surface area contributed by atoms with Crippen LogP contribution in [0.15, 0.2) is 23.4 Å². The molecule has 21 heavy (non-hydrogen) atoms. The number of ketones is 1. The Labute approximate surface area is 132 Å². The molecule has 0 radical (unpaired) electrons. The Morgan fingerprint density at radius 1 is 0.857 bits per heavy atom. The molecule has 0 amide bonds. The van der Waals surface area contributed by atoms with Gasteiger partial charge in [0.05, 0.1) is 0 Å². The van der Waals surface area contributed by atoms with E-state index >= 15 is 0 Å². The average molecular weight is 293 g/mol. The molecule has 0 spiro atoms. The Balaban J connectivity index is 3.77. The van der Waals surface area contributed by atoms with Gasteiger partial charge in [-0.15, -0.1) is 0 Å². The van der Waals surface area contributed by atoms with E-state index in [4.69, 9.17) is 0 Å². The Morgan fingerprint density at radius 3 is 2.10 bits per heavy atom. The fraction of sp³-hybridized carbons (Fsp3) is 0.737. The molecule has 0 aromatic heterocycles. The maximum absolute atomic E-state index is 10.9. The summed E-state index contributed by atoms with van der Waals surface area (Å²) in [5.41, 5.74) is 2.88. The van der Waals surface area contributed by atoms with Crippen LogP contribution >= 0.6 is 0 Å². The number of hydrogen-bond acceptors (Lipinski definition) is 2. The molecule has 0 saturated heterocycles. The van der Waals surface area contributed by atoms with Crippen LogP contribution in [0.3, 0.4) is 0 Å². The van der Waals surface area contributed by atoms with Gasteiger partial charge in [0.1, 0.15) is 5.78 Å². The van der Waals surface area contributed by atoms with Crippen molar-refractivity contribution in [2.24, 2.45) is 0 Å². The van der Waals surface area contributed by atoms with Crippen LogP contribution < -0.4 is 5.32 Å². The molecule has 0 saturated carbocycles. The van der Waals surface area contributed by atoms with E-state index in [1.165, 1.54) is 30.5 Å².